The summed E-state index contributed by atoms with van der Waals surface area (Å²) in [6.07, 6.45) is 3.79. The molecule has 1 aromatic carbocycles. The van der Waals surface area contributed by atoms with Gasteiger partial charge in [-0.05, 0) is 30.5 Å². The normalized spacial score (nSPS) is 12.4. The molecule has 0 atom stereocenters. The SMILES string of the molecule is CCn1nccc1-c1nnc2n1Cc1ccccc1CC2.O=CO. The van der Waals surface area contributed by atoms with Crippen molar-refractivity contribution < 1.29 is 9.90 Å². The van der Waals surface area contributed by atoms with Gasteiger partial charge in [0.1, 0.15) is 11.5 Å². The van der Waals surface area contributed by atoms with Crippen LogP contribution >= 0.6 is 0 Å². The van der Waals surface area contributed by atoms with Crippen LogP contribution < -0.4 is 0 Å². The molecule has 0 aliphatic carbocycles. The molecule has 0 unspecified atom stereocenters. The molecule has 1 aliphatic heterocycles. The second-order valence-corrected chi connectivity index (χ2v) is 5.43. The maximum atomic E-state index is 8.36. The first-order valence-electron chi connectivity index (χ1n) is 7.87. The van der Waals surface area contributed by atoms with Crippen molar-refractivity contribution in [3.63, 3.8) is 0 Å². The molecular weight excluding hydrogens is 306 g/mol. The summed E-state index contributed by atoms with van der Waals surface area (Å²) in [5, 5.41) is 20.1. The van der Waals surface area contributed by atoms with E-state index in [9.17, 15) is 0 Å². The van der Waals surface area contributed by atoms with Gasteiger partial charge in [-0.3, -0.25) is 9.48 Å². The van der Waals surface area contributed by atoms with E-state index in [4.69, 9.17) is 9.90 Å². The van der Waals surface area contributed by atoms with Crippen LogP contribution in [0.2, 0.25) is 0 Å². The van der Waals surface area contributed by atoms with E-state index in [1.54, 1.807) is 0 Å². The highest BCUT2D eigenvalue weighted by Crippen LogP contribution is 2.24. The third-order valence-electron chi connectivity index (χ3n) is 4.14. The summed E-state index contributed by atoms with van der Waals surface area (Å²) >= 11 is 0. The predicted octanol–water partition coefficient (Wildman–Crippen LogP) is 2.01. The van der Waals surface area contributed by atoms with Gasteiger partial charge in [0.2, 0.25) is 0 Å². The van der Waals surface area contributed by atoms with Crippen molar-refractivity contribution in [1.29, 1.82) is 0 Å². The summed E-state index contributed by atoms with van der Waals surface area (Å²) in [5.74, 6) is 1.98. The molecule has 0 spiro atoms. The number of rotatable bonds is 2. The summed E-state index contributed by atoms with van der Waals surface area (Å²) in [7, 11) is 0. The van der Waals surface area contributed by atoms with Crippen molar-refractivity contribution in [2.45, 2.75) is 32.9 Å². The highest BCUT2D eigenvalue weighted by Gasteiger charge is 2.20. The molecule has 0 fully saturated rings. The van der Waals surface area contributed by atoms with Crippen LogP contribution in [0.1, 0.15) is 23.9 Å². The number of hydrogen-bond acceptors (Lipinski definition) is 4. The van der Waals surface area contributed by atoms with Crippen molar-refractivity contribution >= 4 is 6.47 Å². The maximum absolute atomic E-state index is 8.36. The lowest BCUT2D eigenvalue weighted by Crippen LogP contribution is -2.08. The van der Waals surface area contributed by atoms with Gasteiger partial charge < -0.3 is 9.67 Å². The Kier molecular flexibility index (Phi) is 4.69. The van der Waals surface area contributed by atoms with E-state index >= 15 is 0 Å². The molecule has 0 saturated heterocycles. The van der Waals surface area contributed by atoms with Gasteiger partial charge >= 0.3 is 0 Å². The minimum atomic E-state index is -0.250. The molecule has 1 N–H and O–H groups in total. The lowest BCUT2D eigenvalue weighted by atomic mass is 10.0. The summed E-state index contributed by atoms with van der Waals surface area (Å²) in [6, 6.07) is 10.6. The number of benzene rings is 1. The zero-order chi connectivity index (χ0) is 16.9. The van der Waals surface area contributed by atoms with Crippen molar-refractivity contribution in [3.8, 4) is 11.5 Å². The lowest BCUT2D eigenvalue weighted by molar-refractivity contribution is -0.122. The molecule has 0 saturated carbocycles. The molecule has 4 rings (SSSR count). The zero-order valence-corrected chi connectivity index (χ0v) is 13.5. The summed E-state index contributed by atoms with van der Waals surface area (Å²) in [6.45, 7) is 3.51. The number of aromatic nitrogens is 5. The fourth-order valence-electron chi connectivity index (χ4n) is 3.02. The van der Waals surface area contributed by atoms with E-state index < -0.39 is 0 Å². The molecule has 0 amide bonds. The first-order chi connectivity index (χ1) is 11.8. The van der Waals surface area contributed by atoms with Gasteiger partial charge in [0.15, 0.2) is 5.82 Å². The van der Waals surface area contributed by atoms with Gasteiger partial charge in [0.25, 0.3) is 6.47 Å². The van der Waals surface area contributed by atoms with E-state index in [0.717, 1.165) is 43.3 Å². The summed E-state index contributed by atoms with van der Waals surface area (Å²) in [5.41, 5.74) is 3.81. The highest BCUT2D eigenvalue weighted by molar-refractivity contribution is 5.50. The van der Waals surface area contributed by atoms with Gasteiger partial charge in [-0.25, -0.2) is 0 Å². The summed E-state index contributed by atoms with van der Waals surface area (Å²) in [4.78, 5) is 8.36. The van der Waals surface area contributed by atoms with Crippen LogP contribution in [0, 0.1) is 0 Å². The topological polar surface area (TPSA) is 85.8 Å². The Balaban J connectivity index is 0.000000526. The molecule has 0 bridgehead atoms. The lowest BCUT2D eigenvalue weighted by Gasteiger charge is -2.10. The van der Waals surface area contributed by atoms with Gasteiger partial charge in [-0.1, -0.05) is 24.3 Å². The van der Waals surface area contributed by atoms with Gasteiger partial charge in [0.05, 0.1) is 6.54 Å². The predicted molar refractivity (Wildman–Crippen MR) is 88.6 cm³/mol. The first-order valence-corrected chi connectivity index (χ1v) is 7.87. The first kappa shape index (κ1) is 15.9. The minimum Gasteiger partial charge on any atom is -0.483 e. The van der Waals surface area contributed by atoms with Crippen LogP contribution in [-0.2, 0) is 30.7 Å². The Morgan fingerprint density at radius 3 is 2.67 bits per heavy atom. The number of hydrogen-bond donors (Lipinski definition) is 1. The fourth-order valence-corrected chi connectivity index (χ4v) is 3.02. The van der Waals surface area contributed by atoms with Crippen LogP contribution in [0.4, 0.5) is 0 Å². The average Bonchev–Trinajstić information content (AvgIpc) is 3.17. The molecule has 7 nitrogen and oxygen atoms in total. The van der Waals surface area contributed by atoms with Crippen LogP contribution in [0.3, 0.4) is 0 Å². The molecule has 124 valence electrons. The third-order valence-corrected chi connectivity index (χ3v) is 4.14. The molecule has 0 radical (unpaired) electrons. The van der Waals surface area contributed by atoms with Crippen molar-refractivity contribution in [1.82, 2.24) is 24.5 Å². The Labute approximate surface area is 139 Å². The van der Waals surface area contributed by atoms with Crippen LogP contribution in [0.5, 0.6) is 0 Å². The quantitative estimate of drug-likeness (QED) is 0.728. The molecular formula is C17H19N5O2. The van der Waals surface area contributed by atoms with E-state index in [2.05, 4.69) is 51.1 Å². The molecule has 24 heavy (non-hydrogen) atoms. The number of carbonyl (C=O) groups is 1. The van der Waals surface area contributed by atoms with Crippen LogP contribution in [0.15, 0.2) is 36.5 Å². The second-order valence-electron chi connectivity index (χ2n) is 5.43. The van der Waals surface area contributed by atoms with E-state index in [-0.39, 0.29) is 6.47 Å². The third kappa shape index (κ3) is 2.92. The zero-order valence-electron chi connectivity index (χ0n) is 13.5. The number of carboxylic acid groups (broad SMARTS) is 1. The monoisotopic (exact) mass is 325 g/mol. The smallest absolute Gasteiger partial charge is 0.290 e. The molecule has 2 aromatic heterocycles. The fraction of sp³-hybridized carbons (Fsp3) is 0.294. The summed E-state index contributed by atoms with van der Waals surface area (Å²) < 4.78 is 4.20. The second kappa shape index (κ2) is 7.08. The highest BCUT2D eigenvalue weighted by atomic mass is 16.3. The van der Waals surface area contributed by atoms with E-state index in [1.165, 1.54) is 11.1 Å². The Bertz CT molecular complexity index is 837. The molecule has 1 aliphatic rings. The number of nitrogens with zero attached hydrogens (tertiary/aromatic N) is 5. The Morgan fingerprint density at radius 2 is 1.92 bits per heavy atom. The van der Waals surface area contributed by atoms with Gasteiger partial charge in [-0.2, -0.15) is 5.10 Å². The minimum absolute atomic E-state index is 0.250. The van der Waals surface area contributed by atoms with Crippen LogP contribution in [0.25, 0.3) is 11.5 Å². The van der Waals surface area contributed by atoms with Crippen molar-refractivity contribution in [3.05, 3.63) is 53.5 Å². The van der Waals surface area contributed by atoms with Gasteiger partial charge in [-0.15, -0.1) is 10.2 Å². The van der Waals surface area contributed by atoms with E-state index in [1.807, 2.05) is 16.9 Å². The number of fused-ring (bicyclic) bond motifs is 2. The average molecular weight is 325 g/mol. The maximum Gasteiger partial charge on any atom is 0.290 e. The Morgan fingerprint density at radius 1 is 1.17 bits per heavy atom. The van der Waals surface area contributed by atoms with Crippen molar-refractivity contribution in [2.75, 3.05) is 0 Å². The Hall–Kier alpha value is -2.96. The van der Waals surface area contributed by atoms with Crippen LogP contribution in [-0.4, -0.2) is 36.1 Å². The van der Waals surface area contributed by atoms with Crippen molar-refractivity contribution in [2.24, 2.45) is 0 Å². The number of aryl methyl sites for hydroxylation is 3. The molecule has 3 aromatic rings. The molecule has 3 heterocycles. The van der Waals surface area contributed by atoms with E-state index in [0.29, 0.717) is 0 Å². The molecule has 7 heteroatoms. The largest absolute Gasteiger partial charge is 0.483 e. The standard InChI is InChI=1S/C16H17N5.CH2O2/c1-2-21-14(9-10-17-21)16-19-18-15-8-7-12-5-3-4-6-13(12)11-20(15)16;2-1-3/h3-6,9-10H,2,7-8,11H2,1H3;1H,(H,2,3). The van der Waals surface area contributed by atoms with Gasteiger partial charge in [0, 0.05) is 19.2 Å².